The molecule has 1 atom stereocenters. The van der Waals surface area contributed by atoms with Crippen LogP contribution in [0.15, 0.2) is 18.2 Å². The molecule has 1 aromatic carbocycles. The minimum absolute atomic E-state index is 0.0224. The normalized spacial score (nSPS) is 12.2. The fourth-order valence-corrected chi connectivity index (χ4v) is 1.31. The van der Waals surface area contributed by atoms with Crippen LogP contribution in [0.4, 0.5) is 4.39 Å². The summed E-state index contributed by atoms with van der Waals surface area (Å²) in [5.74, 6) is -1.08. The van der Waals surface area contributed by atoms with Crippen molar-refractivity contribution in [2.75, 3.05) is 0 Å². The first-order valence-corrected chi connectivity index (χ1v) is 5.14. The van der Waals surface area contributed by atoms with Gasteiger partial charge < -0.3 is 9.84 Å². The van der Waals surface area contributed by atoms with Gasteiger partial charge >= 0.3 is 5.97 Å². The molecule has 0 saturated heterocycles. The first kappa shape index (κ1) is 12.5. The molecule has 0 bridgehead atoms. The van der Waals surface area contributed by atoms with Crippen LogP contribution in [0.1, 0.15) is 25.3 Å². The van der Waals surface area contributed by atoms with Crippen molar-refractivity contribution in [3.05, 3.63) is 29.6 Å². The van der Waals surface area contributed by atoms with Crippen molar-refractivity contribution in [2.24, 2.45) is 0 Å². The predicted octanol–water partition coefficient (Wildman–Crippen LogP) is 2.77. The number of halogens is 1. The standard InChI is InChI=1S/C12H15FO3/c1-8-4-3-5-10(12(8)13)16-9(2)6-7-11(14)15/h3-5,9H,6-7H2,1-2H3,(H,14,15). The van der Waals surface area contributed by atoms with Crippen molar-refractivity contribution < 1.29 is 19.0 Å². The third kappa shape index (κ3) is 3.53. The van der Waals surface area contributed by atoms with E-state index in [2.05, 4.69) is 0 Å². The van der Waals surface area contributed by atoms with Gasteiger partial charge in [-0.05, 0) is 31.9 Å². The van der Waals surface area contributed by atoms with E-state index in [4.69, 9.17) is 9.84 Å². The van der Waals surface area contributed by atoms with Crippen molar-refractivity contribution >= 4 is 5.97 Å². The summed E-state index contributed by atoms with van der Waals surface area (Å²) in [4.78, 5) is 10.3. The van der Waals surface area contributed by atoms with Gasteiger partial charge in [-0.1, -0.05) is 12.1 Å². The average molecular weight is 226 g/mol. The van der Waals surface area contributed by atoms with Gasteiger partial charge in [0.15, 0.2) is 11.6 Å². The molecule has 0 aliphatic carbocycles. The molecular weight excluding hydrogens is 211 g/mol. The van der Waals surface area contributed by atoms with E-state index in [9.17, 15) is 9.18 Å². The van der Waals surface area contributed by atoms with Gasteiger partial charge in [0, 0.05) is 6.42 Å². The Kier molecular flexibility index (Phi) is 4.28. The molecule has 1 rings (SSSR count). The lowest BCUT2D eigenvalue weighted by Gasteiger charge is -2.14. The van der Waals surface area contributed by atoms with Gasteiger partial charge in [-0.25, -0.2) is 4.39 Å². The first-order chi connectivity index (χ1) is 7.50. The third-order valence-corrected chi connectivity index (χ3v) is 2.25. The maximum atomic E-state index is 13.5. The van der Waals surface area contributed by atoms with Gasteiger partial charge in [0.25, 0.3) is 0 Å². The Hall–Kier alpha value is -1.58. The van der Waals surface area contributed by atoms with Crippen LogP contribution in [-0.4, -0.2) is 17.2 Å². The van der Waals surface area contributed by atoms with Crippen LogP contribution < -0.4 is 4.74 Å². The van der Waals surface area contributed by atoms with Crippen molar-refractivity contribution in [1.29, 1.82) is 0 Å². The van der Waals surface area contributed by atoms with E-state index in [0.29, 0.717) is 12.0 Å². The Morgan fingerprint density at radius 1 is 1.56 bits per heavy atom. The molecule has 16 heavy (non-hydrogen) atoms. The van der Waals surface area contributed by atoms with E-state index < -0.39 is 5.97 Å². The summed E-state index contributed by atoms with van der Waals surface area (Å²) in [6.07, 6.45) is 0.0736. The molecule has 0 fully saturated rings. The molecular formula is C12H15FO3. The van der Waals surface area contributed by atoms with Crippen molar-refractivity contribution in [1.82, 2.24) is 0 Å². The second-order valence-corrected chi connectivity index (χ2v) is 3.75. The Labute approximate surface area is 93.9 Å². The highest BCUT2D eigenvalue weighted by atomic mass is 19.1. The van der Waals surface area contributed by atoms with Crippen LogP contribution in [0.2, 0.25) is 0 Å². The molecule has 0 aromatic heterocycles. The molecule has 1 unspecified atom stereocenters. The van der Waals surface area contributed by atoms with Crippen LogP contribution in [-0.2, 0) is 4.79 Å². The largest absolute Gasteiger partial charge is 0.488 e. The van der Waals surface area contributed by atoms with Gasteiger partial charge in [-0.3, -0.25) is 4.79 Å². The molecule has 0 amide bonds. The summed E-state index contributed by atoms with van der Waals surface area (Å²) in [6.45, 7) is 3.38. The molecule has 0 aliphatic heterocycles. The number of carbonyl (C=O) groups is 1. The summed E-state index contributed by atoms with van der Waals surface area (Å²) < 4.78 is 18.9. The Morgan fingerprint density at radius 3 is 2.88 bits per heavy atom. The maximum absolute atomic E-state index is 13.5. The summed E-state index contributed by atoms with van der Waals surface area (Å²) in [5, 5.41) is 8.50. The number of rotatable bonds is 5. The zero-order valence-electron chi connectivity index (χ0n) is 9.37. The number of aliphatic carboxylic acids is 1. The Morgan fingerprint density at radius 2 is 2.25 bits per heavy atom. The lowest BCUT2D eigenvalue weighted by molar-refractivity contribution is -0.137. The van der Waals surface area contributed by atoms with Gasteiger partial charge in [-0.15, -0.1) is 0 Å². The summed E-state index contributed by atoms with van der Waals surface area (Å²) in [6, 6.07) is 4.90. The maximum Gasteiger partial charge on any atom is 0.303 e. The Bertz CT molecular complexity index is 377. The quantitative estimate of drug-likeness (QED) is 0.839. The predicted molar refractivity (Wildman–Crippen MR) is 58.1 cm³/mol. The molecule has 0 radical (unpaired) electrons. The van der Waals surface area contributed by atoms with Crippen molar-refractivity contribution in [2.45, 2.75) is 32.8 Å². The van der Waals surface area contributed by atoms with Crippen molar-refractivity contribution in [3.63, 3.8) is 0 Å². The van der Waals surface area contributed by atoms with Crippen LogP contribution >= 0.6 is 0 Å². The molecule has 0 spiro atoms. The SMILES string of the molecule is Cc1cccc(OC(C)CCC(=O)O)c1F. The number of aryl methyl sites for hydroxylation is 1. The number of carboxylic acids is 1. The third-order valence-electron chi connectivity index (χ3n) is 2.25. The minimum atomic E-state index is -0.875. The topological polar surface area (TPSA) is 46.5 Å². The summed E-state index contributed by atoms with van der Waals surface area (Å²) in [7, 11) is 0. The molecule has 0 aliphatic rings. The van der Waals surface area contributed by atoms with Crippen LogP contribution in [0.3, 0.4) is 0 Å². The lowest BCUT2D eigenvalue weighted by Crippen LogP contribution is -2.14. The molecule has 1 N–H and O–H groups in total. The Balaban J connectivity index is 2.59. The average Bonchev–Trinajstić information content (AvgIpc) is 2.22. The molecule has 0 saturated carbocycles. The monoisotopic (exact) mass is 226 g/mol. The molecule has 88 valence electrons. The lowest BCUT2D eigenvalue weighted by atomic mass is 10.2. The second-order valence-electron chi connectivity index (χ2n) is 3.75. The molecule has 1 aromatic rings. The van der Waals surface area contributed by atoms with E-state index in [-0.39, 0.29) is 24.1 Å². The molecule has 0 heterocycles. The van der Waals surface area contributed by atoms with Gasteiger partial charge in [0.1, 0.15) is 0 Å². The fourth-order valence-electron chi connectivity index (χ4n) is 1.31. The zero-order valence-corrected chi connectivity index (χ0v) is 9.37. The highest BCUT2D eigenvalue weighted by Crippen LogP contribution is 2.21. The summed E-state index contributed by atoms with van der Waals surface area (Å²) in [5.41, 5.74) is 0.517. The van der Waals surface area contributed by atoms with Crippen LogP contribution in [0, 0.1) is 12.7 Å². The van der Waals surface area contributed by atoms with E-state index in [0.717, 1.165) is 0 Å². The zero-order chi connectivity index (χ0) is 12.1. The highest BCUT2D eigenvalue weighted by Gasteiger charge is 2.11. The van der Waals surface area contributed by atoms with E-state index in [1.165, 1.54) is 0 Å². The molecule has 4 heteroatoms. The van der Waals surface area contributed by atoms with E-state index in [1.807, 2.05) is 0 Å². The van der Waals surface area contributed by atoms with Gasteiger partial charge in [0.05, 0.1) is 6.10 Å². The number of hydrogen-bond acceptors (Lipinski definition) is 2. The number of ether oxygens (including phenoxy) is 1. The minimum Gasteiger partial charge on any atom is -0.488 e. The number of hydrogen-bond donors (Lipinski definition) is 1. The fraction of sp³-hybridized carbons (Fsp3) is 0.417. The highest BCUT2D eigenvalue weighted by molar-refractivity contribution is 5.66. The first-order valence-electron chi connectivity index (χ1n) is 5.14. The van der Waals surface area contributed by atoms with Gasteiger partial charge in [0.2, 0.25) is 0 Å². The number of carboxylic acid groups (broad SMARTS) is 1. The van der Waals surface area contributed by atoms with Crippen LogP contribution in [0.25, 0.3) is 0 Å². The molecule has 3 nitrogen and oxygen atoms in total. The summed E-state index contributed by atoms with van der Waals surface area (Å²) >= 11 is 0. The van der Waals surface area contributed by atoms with Crippen LogP contribution in [0.5, 0.6) is 5.75 Å². The second kappa shape index (κ2) is 5.49. The smallest absolute Gasteiger partial charge is 0.303 e. The van der Waals surface area contributed by atoms with Crippen molar-refractivity contribution in [3.8, 4) is 5.75 Å². The van der Waals surface area contributed by atoms with E-state index in [1.54, 1.807) is 32.0 Å². The van der Waals surface area contributed by atoms with E-state index >= 15 is 0 Å². The number of benzene rings is 1. The van der Waals surface area contributed by atoms with Gasteiger partial charge in [-0.2, -0.15) is 0 Å².